The first-order chi connectivity index (χ1) is 14.3. The molecule has 1 atom stereocenters. The van der Waals surface area contributed by atoms with Crippen molar-refractivity contribution in [1.82, 2.24) is 20.5 Å². The molecule has 1 aliphatic rings. The molecule has 10 nitrogen and oxygen atoms in total. The summed E-state index contributed by atoms with van der Waals surface area (Å²) in [5.41, 5.74) is 9.64. The molecule has 166 valence electrons. The molecule has 1 saturated heterocycles. The van der Waals surface area contributed by atoms with Crippen LogP contribution in [0.3, 0.4) is 0 Å². The third-order valence-corrected chi connectivity index (χ3v) is 7.13. The van der Waals surface area contributed by atoms with Gasteiger partial charge in [0.25, 0.3) is 11.8 Å². The van der Waals surface area contributed by atoms with Crippen LogP contribution in [0, 0.1) is 0 Å². The van der Waals surface area contributed by atoms with E-state index in [1.807, 2.05) is 6.26 Å². The molecule has 0 bridgehead atoms. The van der Waals surface area contributed by atoms with Crippen LogP contribution in [-0.4, -0.2) is 61.7 Å². The summed E-state index contributed by atoms with van der Waals surface area (Å²) in [4.78, 5) is 35.8. The minimum atomic E-state index is -3.68. The molecule has 30 heavy (non-hydrogen) atoms. The van der Waals surface area contributed by atoms with Crippen molar-refractivity contribution in [3.05, 3.63) is 29.8 Å². The van der Waals surface area contributed by atoms with E-state index < -0.39 is 33.9 Å². The molecule has 1 heterocycles. The molecule has 4 amide bonds. The Labute approximate surface area is 180 Å². The highest BCUT2D eigenvalue weighted by Gasteiger charge is 2.26. The number of thioether (sulfide) groups is 1. The average molecular weight is 458 g/mol. The maximum Gasteiger partial charge on any atom is 0.312 e. The minimum absolute atomic E-state index is 0.0246. The molecule has 0 saturated carbocycles. The van der Waals surface area contributed by atoms with Crippen LogP contribution >= 0.6 is 11.8 Å². The van der Waals surface area contributed by atoms with E-state index in [0.717, 1.165) is 19.3 Å². The molecular formula is C18H27N5O5S2. The van der Waals surface area contributed by atoms with Gasteiger partial charge < -0.3 is 11.1 Å². The molecule has 0 spiro atoms. The van der Waals surface area contributed by atoms with Crippen molar-refractivity contribution < 1.29 is 22.8 Å². The number of amides is 4. The number of carbonyl (C=O) groups excluding carboxylic acids is 3. The van der Waals surface area contributed by atoms with Crippen molar-refractivity contribution in [2.24, 2.45) is 5.73 Å². The van der Waals surface area contributed by atoms with E-state index in [0.29, 0.717) is 25.3 Å². The zero-order chi connectivity index (χ0) is 22.1. The van der Waals surface area contributed by atoms with Crippen molar-refractivity contribution in [2.45, 2.75) is 36.6 Å². The molecule has 1 unspecified atom stereocenters. The Morgan fingerprint density at radius 2 is 1.87 bits per heavy atom. The van der Waals surface area contributed by atoms with Crippen LogP contribution in [0.15, 0.2) is 29.2 Å². The Hall–Kier alpha value is -2.31. The summed E-state index contributed by atoms with van der Waals surface area (Å²) in [6, 6.07) is 3.89. The fourth-order valence-electron chi connectivity index (χ4n) is 3.01. The van der Waals surface area contributed by atoms with E-state index in [-0.39, 0.29) is 10.5 Å². The van der Waals surface area contributed by atoms with Crippen LogP contribution in [0.25, 0.3) is 0 Å². The lowest BCUT2D eigenvalue weighted by atomic mass is 10.2. The number of hydrogen-bond acceptors (Lipinski definition) is 6. The smallest absolute Gasteiger partial charge is 0.312 e. The van der Waals surface area contributed by atoms with Crippen molar-refractivity contribution in [3.8, 4) is 0 Å². The number of nitrogens with one attached hydrogen (secondary N) is 3. The fourth-order valence-corrected chi connectivity index (χ4v) is 5.04. The predicted octanol–water partition coefficient (Wildman–Crippen LogP) is 0.412. The molecule has 12 heteroatoms. The van der Waals surface area contributed by atoms with Gasteiger partial charge in [0.05, 0.1) is 4.90 Å². The number of primary amides is 1. The summed E-state index contributed by atoms with van der Waals surface area (Å²) in [5, 5.41) is 2.32. The Morgan fingerprint density at radius 3 is 2.50 bits per heavy atom. The topological polar surface area (TPSA) is 151 Å². The Kier molecular flexibility index (Phi) is 8.93. The van der Waals surface area contributed by atoms with E-state index >= 15 is 0 Å². The highest BCUT2D eigenvalue weighted by atomic mass is 32.2. The highest BCUT2D eigenvalue weighted by Crippen LogP contribution is 2.21. The minimum Gasteiger partial charge on any atom is -0.352 e. The van der Waals surface area contributed by atoms with Gasteiger partial charge in [0, 0.05) is 18.7 Å². The molecule has 1 aliphatic heterocycles. The number of hydrazine groups is 1. The third kappa shape index (κ3) is 6.61. The third-order valence-electron chi connectivity index (χ3n) is 4.59. The van der Waals surface area contributed by atoms with E-state index in [4.69, 9.17) is 5.73 Å². The van der Waals surface area contributed by atoms with Gasteiger partial charge in [-0.15, -0.1) is 0 Å². The number of piperidine rings is 1. The molecule has 2 rings (SSSR count). The maximum atomic E-state index is 12.8. The molecule has 1 aromatic carbocycles. The van der Waals surface area contributed by atoms with E-state index in [2.05, 4.69) is 16.2 Å². The van der Waals surface area contributed by atoms with Crippen molar-refractivity contribution in [3.63, 3.8) is 0 Å². The van der Waals surface area contributed by atoms with E-state index in [1.165, 1.54) is 40.3 Å². The number of rotatable bonds is 8. The normalized spacial score (nSPS) is 15.8. The van der Waals surface area contributed by atoms with Crippen LogP contribution < -0.4 is 21.9 Å². The summed E-state index contributed by atoms with van der Waals surface area (Å²) < 4.78 is 27.0. The molecule has 5 N–H and O–H groups in total. The van der Waals surface area contributed by atoms with Gasteiger partial charge in [-0.1, -0.05) is 12.5 Å². The van der Waals surface area contributed by atoms with Gasteiger partial charge in [-0.3, -0.25) is 20.4 Å². The first-order valence-corrected chi connectivity index (χ1v) is 12.3. The molecule has 0 aromatic heterocycles. The van der Waals surface area contributed by atoms with Crippen molar-refractivity contribution >= 4 is 39.6 Å². The number of carbonyl (C=O) groups is 3. The van der Waals surface area contributed by atoms with Gasteiger partial charge in [0.2, 0.25) is 10.0 Å². The Morgan fingerprint density at radius 1 is 1.17 bits per heavy atom. The highest BCUT2D eigenvalue weighted by molar-refractivity contribution is 7.98. The summed E-state index contributed by atoms with van der Waals surface area (Å²) in [6.07, 6.45) is 4.79. The summed E-state index contributed by atoms with van der Waals surface area (Å²) in [7, 11) is -3.68. The number of nitrogens with zero attached hydrogens (tertiary/aromatic N) is 1. The zero-order valence-electron chi connectivity index (χ0n) is 16.7. The lowest BCUT2D eigenvalue weighted by molar-refractivity contribution is -0.123. The number of nitrogens with two attached hydrogens (primary N) is 1. The van der Waals surface area contributed by atoms with Gasteiger partial charge >= 0.3 is 6.03 Å². The molecule has 1 fully saturated rings. The van der Waals surface area contributed by atoms with E-state index in [9.17, 15) is 22.8 Å². The molecule has 0 radical (unpaired) electrons. The number of hydrogen-bond donors (Lipinski definition) is 4. The summed E-state index contributed by atoms with van der Waals surface area (Å²) in [6.45, 7) is 0.915. The maximum absolute atomic E-state index is 12.8. The number of benzene rings is 1. The lowest BCUT2D eigenvalue weighted by Gasteiger charge is -2.26. The van der Waals surface area contributed by atoms with Crippen LogP contribution in [0.5, 0.6) is 0 Å². The predicted molar refractivity (Wildman–Crippen MR) is 114 cm³/mol. The van der Waals surface area contributed by atoms with Crippen LogP contribution in [0.1, 0.15) is 36.0 Å². The Bertz CT molecular complexity index is 871. The van der Waals surface area contributed by atoms with Gasteiger partial charge in [-0.2, -0.15) is 16.1 Å². The summed E-state index contributed by atoms with van der Waals surface area (Å²) in [5.74, 6) is -0.710. The monoisotopic (exact) mass is 457 g/mol. The van der Waals surface area contributed by atoms with Gasteiger partial charge in [0.15, 0.2) is 0 Å². The second-order valence-corrected chi connectivity index (χ2v) is 9.70. The van der Waals surface area contributed by atoms with Gasteiger partial charge in [-0.05, 0) is 49.5 Å². The average Bonchev–Trinajstić information content (AvgIpc) is 2.75. The summed E-state index contributed by atoms with van der Waals surface area (Å²) >= 11 is 1.49. The van der Waals surface area contributed by atoms with Crippen LogP contribution in [0.2, 0.25) is 0 Å². The lowest BCUT2D eigenvalue weighted by Crippen LogP contribution is -2.53. The van der Waals surface area contributed by atoms with Gasteiger partial charge in [-0.25, -0.2) is 13.2 Å². The van der Waals surface area contributed by atoms with Crippen molar-refractivity contribution in [1.29, 1.82) is 0 Å². The zero-order valence-corrected chi connectivity index (χ0v) is 18.4. The second-order valence-electron chi connectivity index (χ2n) is 6.78. The molecule has 1 aromatic rings. The standard InChI is InChI=1S/C18H27N5O5S2/c1-29-11-8-15(20-18(19)26)17(25)22-21-16(24)13-6-5-7-14(12-13)30(27,28)23-9-3-2-4-10-23/h5-7,12,15H,2-4,8-11H2,1H3,(H,21,24)(H,22,25)(H3,19,20,26). The fraction of sp³-hybridized carbons (Fsp3) is 0.500. The second kappa shape index (κ2) is 11.2. The van der Waals surface area contributed by atoms with Gasteiger partial charge in [0.1, 0.15) is 6.04 Å². The number of urea groups is 1. The Balaban J connectivity index is 2.04. The van der Waals surface area contributed by atoms with Crippen LogP contribution in [0.4, 0.5) is 4.79 Å². The first-order valence-electron chi connectivity index (χ1n) is 9.51. The largest absolute Gasteiger partial charge is 0.352 e. The van der Waals surface area contributed by atoms with E-state index in [1.54, 1.807) is 0 Å². The SMILES string of the molecule is CSCCC(NC(N)=O)C(=O)NNC(=O)c1cccc(S(=O)(=O)N2CCCCC2)c1. The quantitative estimate of drug-likeness (QED) is 0.415. The van der Waals surface area contributed by atoms with Crippen molar-refractivity contribution in [2.75, 3.05) is 25.1 Å². The number of sulfonamides is 1. The van der Waals surface area contributed by atoms with Crippen LogP contribution in [-0.2, 0) is 14.8 Å². The molecular weight excluding hydrogens is 430 g/mol. The first kappa shape index (κ1) is 24.0. The molecule has 0 aliphatic carbocycles.